The third-order valence-electron chi connectivity index (χ3n) is 3.63. The molecule has 0 aliphatic carbocycles. The van der Waals surface area contributed by atoms with Crippen LogP contribution in [0.4, 0.5) is 15.9 Å². The van der Waals surface area contributed by atoms with E-state index in [1.807, 2.05) is 0 Å². The number of hydrogen-bond donors (Lipinski definition) is 1. The Morgan fingerprint density at radius 1 is 1.50 bits per heavy atom. The van der Waals surface area contributed by atoms with E-state index in [9.17, 15) is 14.5 Å². The topological polar surface area (TPSA) is 77.3 Å². The average molecular weight is 303 g/mol. The number of pyridine rings is 1. The molecule has 0 spiro atoms. The van der Waals surface area contributed by atoms with E-state index in [1.165, 1.54) is 12.3 Å². The van der Waals surface area contributed by atoms with Crippen molar-refractivity contribution in [1.82, 2.24) is 4.98 Å². The van der Waals surface area contributed by atoms with Crippen molar-refractivity contribution in [3.63, 3.8) is 0 Å². The molecule has 0 unspecified atom stereocenters. The summed E-state index contributed by atoms with van der Waals surface area (Å²) in [6.45, 7) is 2.06. The van der Waals surface area contributed by atoms with Crippen molar-refractivity contribution in [2.75, 3.05) is 11.9 Å². The van der Waals surface area contributed by atoms with Gasteiger partial charge in [0.25, 0.3) is 5.69 Å². The lowest BCUT2D eigenvalue weighted by Gasteiger charge is -2.27. The second-order valence-corrected chi connectivity index (χ2v) is 5.11. The Morgan fingerprint density at radius 3 is 3.05 bits per heavy atom. The van der Waals surface area contributed by atoms with Crippen molar-refractivity contribution in [2.24, 2.45) is 0 Å². The summed E-state index contributed by atoms with van der Waals surface area (Å²) < 4.78 is 19.1. The first-order valence-electron chi connectivity index (χ1n) is 6.85. The normalized spacial score (nSPS) is 16.5. The lowest BCUT2D eigenvalue weighted by atomic mass is 10.0. The molecule has 0 amide bonds. The number of nitrogens with one attached hydrogen (secondary N) is 1. The average Bonchev–Trinajstić information content (AvgIpc) is 2.48. The largest absolute Gasteiger partial charge is 0.490 e. The van der Waals surface area contributed by atoms with Crippen LogP contribution in [0.5, 0.6) is 5.75 Å². The number of anilines is 1. The fraction of sp³-hybridized carbons (Fsp3) is 0.267. The fourth-order valence-corrected chi connectivity index (χ4v) is 2.53. The molecule has 1 atom stereocenters. The number of ether oxygens (including phenoxy) is 1. The van der Waals surface area contributed by atoms with Gasteiger partial charge >= 0.3 is 0 Å². The van der Waals surface area contributed by atoms with Gasteiger partial charge in [0, 0.05) is 17.5 Å². The van der Waals surface area contributed by atoms with Crippen molar-refractivity contribution in [2.45, 2.75) is 19.4 Å². The molecule has 1 N–H and O–H groups in total. The lowest BCUT2D eigenvalue weighted by Crippen LogP contribution is -2.21. The van der Waals surface area contributed by atoms with Gasteiger partial charge in [-0.1, -0.05) is 12.1 Å². The highest BCUT2D eigenvalue weighted by atomic mass is 19.1. The zero-order chi connectivity index (χ0) is 15.7. The molecule has 6 nitrogen and oxygen atoms in total. The van der Waals surface area contributed by atoms with Crippen LogP contribution >= 0.6 is 0 Å². The highest BCUT2D eigenvalue weighted by Crippen LogP contribution is 2.36. The van der Waals surface area contributed by atoms with Crippen LogP contribution in [0, 0.1) is 22.9 Å². The van der Waals surface area contributed by atoms with Crippen LogP contribution in [0.15, 0.2) is 30.5 Å². The molecule has 0 fully saturated rings. The predicted molar refractivity (Wildman–Crippen MR) is 78.5 cm³/mol. The Morgan fingerprint density at radius 2 is 2.32 bits per heavy atom. The SMILES string of the molecule is Cc1cc(N[C@H]2CCOc3c(F)cccc32)ncc1[N+](=O)[O-]. The first-order chi connectivity index (χ1) is 10.6. The number of para-hydroxylation sites is 1. The Hall–Kier alpha value is -2.70. The third-order valence-corrected chi connectivity index (χ3v) is 3.63. The summed E-state index contributed by atoms with van der Waals surface area (Å²) in [6, 6.07) is 6.26. The van der Waals surface area contributed by atoms with Crippen molar-refractivity contribution < 1.29 is 14.1 Å². The highest BCUT2D eigenvalue weighted by Gasteiger charge is 2.24. The first-order valence-corrected chi connectivity index (χ1v) is 6.85. The molecule has 1 aliphatic heterocycles. The second-order valence-electron chi connectivity index (χ2n) is 5.11. The molecule has 2 heterocycles. The Balaban J connectivity index is 1.88. The summed E-state index contributed by atoms with van der Waals surface area (Å²) >= 11 is 0. The van der Waals surface area contributed by atoms with Crippen molar-refractivity contribution in [3.05, 3.63) is 57.5 Å². The minimum absolute atomic E-state index is 0.0241. The molecule has 1 aliphatic rings. The number of benzene rings is 1. The molecular formula is C15H14FN3O3. The Labute approximate surface area is 126 Å². The molecule has 2 aromatic rings. The molecule has 0 radical (unpaired) electrons. The summed E-state index contributed by atoms with van der Waals surface area (Å²) in [5, 5.41) is 14.0. The second kappa shape index (κ2) is 5.59. The summed E-state index contributed by atoms with van der Waals surface area (Å²) in [5.74, 6) is 0.381. The van der Waals surface area contributed by atoms with Crippen LogP contribution in [0.25, 0.3) is 0 Å². The van der Waals surface area contributed by atoms with E-state index < -0.39 is 10.7 Å². The maximum absolute atomic E-state index is 13.7. The van der Waals surface area contributed by atoms with Gasteiger partial charge in [-0.3, -0.25) is 10.1 Å². The third kappa shape index (κ3) is 2.57. The van der Waals surface area contributed by atoms with Crippen LogP contribution in [-0.4, -0.2) is 16.5 Å². The zero-order valence-corrected chi connectivity index (χ0v) is 11.9. The number of hydrogen-bond acceptors (Lipinski definition) is 5. The molecule has 0 bridgehead atoms. The minimum atomic E-state index is -0.467. The van der Waals surface area contributed by atoms with Gasteiger partial charge in [0.1, 0.15) is 12.0 Å². The van der Waals surface area contributed by atoms with Crippen molar-refractivity contribution >= 4 is 11.5 Å². The van der Waals surface area contributed by atoms with Gasteiger partial charge in [-0.2, -0.15) is 0 Å². The minimum Gasteiger partial charge on any atom is -0.490 e. The van der Waals surface area contributed by atoms with Crippen LogP contribution in [0.2, 0.25) is 0 Å². The monoisotopic (exact) mass is 303 g/mol. The predicted octanol–water partition coefficient (Wildman–Crippen LogP) is 3.37. The van der Waals surface area contributed by atoms with Gasteiger partial charge < -0.3 is 10.1 Å². The molecule has 0 saturated heterocycles. The van der Waals surface area contributed by atoms with Gasteiger partial charge in [0.2, 0.25) is 0 Å². The maximum atomic E-state index is 13.7. The van der Waals surface area contributed by atoms with E-state index in [0.29, 0.717) is 24.4 Å². The van der Waals surface area contributed by atoms with E-state index in [1.54, 1.807) is 25.1 Å². The van der Waals surface area contributed by atoms with Gasteiger partial charge in [0.15, 0.2) is 11.6 Å². The molecule has 1 aromatic heterocycles. The zero-order valence-electron chi connectivity index (χ0n) is 11.9. The van der Waals surface area contributed by atoms with Gasteiger partial charge in [-0.05, 0) is 19.1 Å². The Kier molecular flexibility index (Phi) is 3.62. The number of nitrogens with zero attached hydrogens (tertiary/aromatic N) is 2. The van der Waals surface area contributed by atoms with E-state index in [-0.39, 0.29) is 17.5 Å². The summed E-state index contributed by atoms with van der Waals surface area (Å²) in [4.78, 5) is 14.4. The van der Waals surface area contributed by atoms with Crippen molar-refractivity contribution in [1.29, 1.82) is 0 Å². The molecule has 114 valence electrons. The van der Waals surface area contributed by atoms with E-state index >= 15 is 0 Å². The maximum Gasteiger partial charge on any atom is 0.290 e. The van der Waals surface area contributed by atoms with Crippen LogP contribution < -0.4 is 10.1 Å². The number of aryl methyl sites for hydroxylation is 1. The summed E-state index contributed by atoms with van der Waals surface area (Å²) in [6.07, 6.45) is 1.89. The standard InChI is InChI=1S/C15H14FN3O3/c1-9-7-14(17-8-13(9)19(20)21)18-12-5-6-22-15-10(12)3-2-4-11(15)16/h2-4,7-8,12H,5-6H2,1H3,(H,17,18)/t12-/m0/s1. The van der Waals surface area contributed by atoms with E-state index in [2.05, 4.69) is 10.3 Å². The van der Waals surface area contributed by atoms with Crippen molar-refractivity contribution in [3.8, 4) is 5.75 Å². The molecule has 0 saturated carbocycles. The summed E-state index contributed by atoms with van der Waals surface area (Å²) in [7, 11) is 0. The van der Waals surface area contributed by atoms with Crippen LogP contribution in [0.3, 0.4) is 0 Å². The molecule has 22 heavy (non-hydrogen) atoms. The fourth-order valence-electron chi connectivity index (χ4n) is 2.53. The highest BCUT2D eigenvalue weighted by molar-refractivity contribution is 5.50. The molecule has 7 heteroatoms. The van der Waals surface area contributed by atoms with Crippen LogP contribution in [-0.2, 0) is 0 Å². The summed E-state index contributed by atoms with van der Waals surface area (Å²) in [5.41, 5.74) is 1.22. The molecular weight excluding hydrogens is 289 g/mol. The number of fused-ring (bicyclic) bond motifs is 1. The lowest BCUT2D eigenvalue weighted by molar-refractivity contribution is -0.385. The van der Waals surface area contributed by atoms with Gasteiger partial charge in [-0.25, -0.2) is 9.37 Å². The van der Waals surface area contributed by atoms with Crippen LogP contribution in [0.1, 0.15) is 23.6 Å². The molecule has 1 aromatic carbocycles. The quantitative estimate of drug-likeness (QED) is 0.695. The first kappa shape index (κ1) is 14.2. The number of halogens is 1. The Bertz CT molecular complexity index is 736. The van der Waals surface area contributed by atoms with E-state index in [0.717, 1.165) is 5.56 Å². The molecule has 3 rings (SSSR count). The number of nitro groups is 1. The van der Waals surface area contributed by atoms with E-state index in [4.69, 9.17) is 4.74 Å². The number of aromatic nitrogens is 1. The van der Waals surface area contributed by atoms with Gasteiger partial charge in [-0.15, -0.1) is 0 Å². The smallest absolute Gasteiger partial charge is 0.290 e. The van der Waals surface area contributed by atoms with Gasteiger partial charge in [0.05, 0.1) is 17.6 Å². The number of rotatable bonds is 3.